The van der Waals surface area contributed by atoms with Gasteiger partial charge in [0.25, 0.3) is 0 Å². The molecular weight excluding hydrogens is 180 g/mol. The summed E-state index contributed by atoms with van der Waals surface area (Å²) in [6, 6.07) is 2.14. The lowest BCUT2D eigenvalue weighted by atomic mass is 9.91. The van der Waals surface area contributed by atoms with Gasteiger partial charge in [-0.2, -0.15) is 11.3 Å². The SMILES string of the molecule is CCC(O)(CC)CCc1ccsc1. The second kappa shape index (κ2) is 4.77. The first kappa shape index (κ1) is 10.7. The fourth-order valence-corrected chi connectivity index (χ4v) is 2.12. The van der Waals surface area contributed by atoms with Gasteiger partial charge in [0.1, 0.15) is 0 Å². The zero-order valence-corrected chi connectivity index (χ0v) is 9.23. The molecule has 1 aromatic heterocycles. The molecule has 13 heavy (non-hydrogen) atoms. The summed E-state index contributed by atoms with van der Waals surface area (Å²) < 4.78 is 0. The minimum absolute atomic E-state index is 0.443. The van der Waals surface area contributed by atoms with Crippen LogP contribution in [0.4, 0.5) is 0 Å². The van der Waals surface area contributed by atoms with E-state index in [9.17, 15) is 5.11 Å². The molecule has 2 heteroatoms. The molecule has 0 unspecified atom stereocenters. The van der Waals surface area contributed by atoms with Crippen LogP contribution in [0.2, 0.25) is 0 Å². The van der Waals surface area contributed by atoms with E-state index in [1.165, 1.54) is 5.56 Å². The van der Waals surface area contributed by atoms with Gasteiger partial charge in [0.05, 0.1) is 5.60 Å². The molecule has 0 atom stereocenters. The third kappa shape index (κ3) is 3.12. The molecule has 0 aromatic carbocycles. The highest BCUT2D eigenvalue weighted by molar-refractivity contribution is 7.07. The molecule has 74 valence electrons. The van der Waals surface area contributed by atoms with Crippen molar-refractivity contribution in [2.45, 2.75) is 45.1 Å². The summed E-state index contributed by atoms with van der Waals surface area (Å²) in [6.07, 6.45) is 3.60. The Morgan fingerprint density at radius 2 is 2.08 bits per heavy atom. The summed E-state index contributed by atoms with van der Waals surface area (Å²) in [5.74, 6) is 0. The van der Waals surface area contributed by atoms with E-state index < -0.39 is 5.60 Å². The molecule has 0 fully saturated rings. The number of aliphatic hydroxyl groups is 1. The van der Waals surface area contributed by atoms with E-state index in [0.29, 0.717) is 0 Å². The van der Waals surface area contributed by atoms with Gasteiger partial charge in [0.2, 0.25) is 0 Å². The second-order valence-electron chi connectivity index (χ2n) is 3.56. The van der Waals surface area contributed by atoms with Crippen molar-refractivity contribution >= 4 is 11.3 Å². The van der Waals surface area contributed by atoms with Crippen molar-refractivity contribution in [3.63, 3.8) is 0 Å². The van der Waals surface area contributed by atoms with Crippen molar-refractivity contribution in [3.05, 3.63) is 22.4 Å². The molecule has 1 nitrogen and oxygen atoms in total. The molecule has 1 aromatic rings. The van der Waals surface area contributed by atoms with Crippen LogP contribution in [0.1, 0.15) is 38.7 Å². The van der Waals surface area contributed by atoms with Crippen LogP contribution < -0.4 is 0 Å². The number of rotatable bonds is 5. The van der Waals surface area contributed by atoms with Crippen LogP contribution in [0.5, 0.6) is 0 Å². The second-order valence-corrected chi connectivity index (χ2v) is 4.34. The molecule has 0 bridgehead atoms. The summed E-state index contributed by atoms with van der Waals surface area (Å²) in [6.45, 7) is 4.11. The highest BCUT2D eigenvalue weighted by Gasteiger charge is 2.21. The number of hydrogen-bond acceptors (Lipinski definition) is 2. The molecule has 1 N–H and O–H groups in total. The van der Waals surface area contributed by atoms with Crippen molar-refractivity contribution in [1.82, 2.24) is 0 Å². The highest BCUT2D eigenvalue weighted by atomic mass is 32.1. The third-order valence-corrected chi connectivity index (χ3v) is 3.51. The van der Waals surface area contributed by atoms with Gasteiger partial charge in [-0.1, -0.05) is 13.8 Å². The smallest absolute Gasteiger partial charge is 0.0645 e. The highest BCUT2D eigenvalue weighted by Crippen LogP contribution is 2.22. The Bertz CT molecular complexity index is 224. The molecule has 1 rings (SSSR count). The normalized spacial score (nSPS) is 11.9. The predicted octanol–water partition coefficient (Wildman–Crippen LogP) is 3.23. The van der Waals surface area contributed by atoms with E-state index in [1.807, 2.05) is 0 Å². The first-order valence-electron chi connectivity index (χ1n) is 4.93. The average Bonchev–Trinajstić information content (AvgIpc) is 2.67. The van der Waals surface area contributed by atoms with Crippen molar-refractivity contribution in [2.24, 2.45) is 0 Å². The van der Waals surface area contributed by atoms with Crippen LogP contribution in [0.15, 0.2) is 16.8 Å². The van der Waals surface area contributed by atoms with E-state index in [-0.39, 0.29) is 0 Å². The first-order valence-corrected chi connectivity index (χ1v) is 5.88. The Kier molecular flexibility index (Phi) is 3.94. The van der Waals surface area contributed by atoms with Crippen molar-refractivity contribution in [1.29, 1.82) is 0 Å². The lowest BCUT2D eigenvalue weighted by Gasteiger charge is -2.24. The van der Waals surface area contributed by atoms with Crippen LogP contribution >= 0.6 is 11.3 Å². The van der Waals surface area contributed by atoms with Gasteiger partial charge in [-0.3, -0.25) is 0 Å². The molecule has 0 amide bonds. The van der Waals surface area contributed by atoms with Gasteiger partial charge in [0, 0.05) is 0 Å². The van der Waals surface area contributed by atoms with Crippen LogP contribution in [0.3, 0.4) is 0 Å². The molecule has 0 spiro atoms. The molecule has 0 radical (unpaired) electrons. The number of thiophene rings is 1. The van der Waals surface area contributed by atoms with Crippen molar-refractivity contribution in [3.8, 4) is 0 Å². The van der Waals surface area contributed by atoms with Crippen molar-refractivity contribution < 1.29 is 5.11 Å². The molecule has 0 aliphatic rings. The lowest BCUT2D eigenvalue weighted by Crippen LogP contribution is -2.26. The van der Waals surface area contributed by atoms with Gasteiger partial charge in [0.15, 0.2) is 0 Å². The zero-order valence-electron chi connectivity index (χ0n) is 8.42. The van der Waals surface area contributed by atoms with Crippen molar-refractivity contribution in [2.75, 3.05) is 0 Å². The van der Waals surface area contributed by atoms with E-state index >= 15 is 0 Å². The molecular formula is C11H18OS. The van der Waals surface area contributed by atoms with Gasteiger partial charge < -0.3 is 5.11 Å². The Balaban J connectivity index is 2.41. The fraction of sp³-hybridized carbons (Fsp3) is 0.636. The Morgan fingerprint density at radius 3 is 2.54 bits per heavy atom. The van der Waals surface area contributed by atoms with Crippen LogP contribution in [-0.4, -0.2) is 10.7 Å². The monoisotopic (exact) mass is 198 g/mol. The van der Waals surface area contributed by atoms with Crippen LogP contribution in [0, 0.1) is 0 Å². The van der Waals surface area contributed by atoms with E-state index in [2.05, 4.69) is 30.7 Å². The summed E-state index contributed by atoms with van der Waals surface area (Å²) in [5.41, 5.74) is 0.910. The average molecular weight is 198 g/mol. The number of aryl methyl sites for hydroxylation is 1. The maximum absolute atomic E-state index is 10.0. The maximum Gasteiger partial charge on any atom is 0.0645 e. The minimum atomic E-state index is -0.443. The predicted molar refractivity (Wildman–Crippen MR) is 58.2 cm³/mol. The molecule has 1 heterocycles. The Hall–Kier alpha value is -0.340. The summed E-state index contributed by atoms with van der Waals surface area (Å²) in [4.78, 5) is 0. The molecule has 0 aliphatic heterocycles. The fourth-order valence-electron chi connectivity index (χ4n) is 1.42. The van der Waals surface area contributed by atoms with Gasteiger partial charge in [-0.25, -0.2) is 0 Å². The Morgan fingerprint density at radius 1 is 1.38 bits per heavy atom. The van der Waals surface area contributed by atoms with E-state index in [0.717, 1.165) is 25.7 Å². The minimum Gasteiger partial charge on any atom is -0.390 e. The molecule has 0 aliphatic carbocycles. The topological polar surface area (TPSA) is 20.2 Å². The standard InChI is InChI=1S/C11H18OS/c1-3-11(12,4-2)7-5-10-6-8-13-9-10/h6,8-9,12H,3-5,7H2,1-2H3. The lowest BCUT2D eigenvalue weighted by molar-refractivity contribution is 0.0240. The van der Waals surface area contributed by atoms with E-state index in [4.69, 9.17) is 0 Å². The summed E-state index contributed by atoms with van der Waals surface area (Å²) in [7, 11) is 0. The quantitative estimate of drug-likeness (QED) is 0.770. The first-order chi connectivity index (χ1) is 6.20. The number of hydrogen-bond donors (Lipinski definition) is 1. The Labute approximate surface area is 84.4 Å². The van der Waals surface area contributed by atoms with Crippen LogP contribution in [0.25, 0.3) is 0 Å². The summed E-state index contributed by atoms with van der Waals surface area (Å²) >= 11 is 1.72. The molecule has 0 saturated heterocycles. The summed E-state index contributed by atoms with van der Waals surface area (Å²) in [5, 5.41) is 14.3. The van der Waals surface area contributed by atoms with Gasteiger partial charge >= 0.3 is 0 Å². The van der Waals surface area contributed by atoms with Gasteiger partial charge in [-0.15, -0.1) is 0 Å². The zero-order chi connectivity index (χ0) is 9.73. The molecule has 0 saturated carbocycles. The largest absolute Gasteiger partial charge is 0.390 e. The van der Waals surface area contributed by atoms with Crippen LogP contribution in [-0.2, 0) is 6.42 Å². The maximum atomic E-state index is 10.0. The van der Waals surface area contributed by atoms with Gasteiger partial charge in [-0.05, 0) is 48.1 Å². The third-order valence-electron chi connectivity index (χ3n) is 2.78. The van der Waals surface area contributed by atoms with E-state index in [1.54, 1.807) is 11.3 Å².